The van der Waals surface area contributed by atoms with E-state index < -0.39 is 46.4 Å². The van der Waals surface area contributed by atoms with E-state index in [1.807, 2.05) is 15.9 Å². The van der Waals surface area contributed by atoms with Crippen LogP contribution >= 0.6 is 29.6 Å². The standard InChI is InChI=1S/C9BrF8.BrH.Zn/c10-1-2(9(16,17)18)3-4(11)6(13)8(15)7(14)5(3)12;;/h;1H;/q-1;;+2/p-1. The Labute approximate surface area is 132 Å². The molecule has 0 bridgehead atoms. The van der Waals surface area contributed by atoms with Crippen LogP contribution in [0.25, 0.3) is 5.57 Å². The molecule has 0 unspecified atom stereocenters. The van der Waals surface area contributed by atoms with Crippen LogP contribution in [0.1, 0.15) is 5.56 Å². The van der Waals surface area contributed by atoms with Gasteiger partial charge >= 0.3 is 36.1 Å². The molecule has 1 rings (SSSR count). The Kier molecular flexibility index (Phi) is 7.83. The molecule has 0 N–H and O–H groups in total. The predicted molar refractivity (Wildman–Crippen MR) is 56.8 cm³/mol. The fourth-order valence-corrected chi connectivity index (χ4v) is 1.49. The van der Waals surface area contributed by atoms with Crippen molar-refractivity contribution in [2.75, 3.05) is 0 Å². The molecular weight excluding hydrogens is 485 g/mol. The van der Waals surface area contributed by atoms with E-state index in [9.17, 15) is 35.1 Å². The van der Waals surface area contributed by atoms with Crippen LogP contribution < -0.4 is 0 Å². The summed E-state index contributed by atoms with van der Waals surface area (Å²) >= 11 is 6.30. The van der Waals surface area contributed by atoms with Crippen LogP contribution in [0.2, 0.25) is 0 Å². The predicted octanol–water partition coefficient (Wildman–Crippen LogP) is 5.33. The molecule has 20 heavy (non-hydrogen) atoms. The van der Waals surface area contributed by atoms with Gasteiger partial charge in [-0.2, -0.15) is 34.1 Å². The number of halogens is 10. The molecule has 0 aliphatic rings. The zero-order valence-corrected chi connectivity index (χ0v) is 15.1. The van der Waals surface area contributed by atoms with Crippen molar-refractivity contribution in [1.82, 2.24) is 0 Å². The van der Waals surface area contributed by atoms with Crippen LogP contribution in [-0.4, -0.2) is 6.18 Å². The second-order valence-corrected chi connectivity index (χ2v) is 3.31. The second kappa shape index (κ2) is 7.84. The molecule has 0 aliphatic heterocycles. The summed E-state index contributed by atoms with van der Waals surface area (Å²) in [5.41, 5.74) is -4.23. The van der Waals surface area contributed by atoms with E-state index in [-0.39, 0.29) is 0 Å². The summed E-state index contributed by atoms with van der Waals surface area (Å²) < 4.78 is 101. The van der Waals surface area contributed by atoms with Gasteiger partial charge in [-0.15, -0.1) is 0 Å². The molecule has 1 aromatic rings. The van der Waals surface area contributed by atoms with Gasteiger partial charge in [-0.1, -0.05) is 11.1 Å². The van der Waals surface area contributed by atoms with E-state index in [1.54, 1.807) is 0 Å². The van der Waals surface area contributed by atoms with E-state index in [0.29, 0.717) is 0 Å². The Balaban J connectivity index is 0.00000172. The van der Waals surface area contributed by atoms with Crippen molar-refractivity contribution in [2.24, 2.45) is 0 Å². The van der Waals surface area contributed by atoms with Gasteiger partial charge in [0.25, 0.3) is 0 Å². The third-order valence-electron chi connectivity index (χ3n) is 1.84. The Hall–Kier alpha value is -0.0166. The SMILES string of the molecule is Fc1c(F)c(F)c(C(=[C-]Br)C(F)(F)F)c(F)c1F.[Zn+][Br]. The summed E-state index contributed by atoms with van der Waals surface area (Å²) in [6.45, 7) is 0. The molecule has 11 heteroatoms. The molecule has 0 radical (unpaired) electrons. The van der Waals surface area contributed by atoms with Gasteiger partial charge in [-0.3, -0.25) is 0 Å². The number of alkyl halides is 3. The quantitative estimate of drug-likeness (QED) is 0.166. The van der Waals surface area contributed by atoms with Crippen molar-refractivity contribution in [3.05, 3.63) is 39.6 Å². The molecule has 0 spiro atoms. The first kappa shape index (κ1) is 20.0. The van der Waals surface area contributed by atoms with Gasteiger partial charge in [0.2, 0.25) is 0 Å². The van der Waals surface area contributed by atoms with Gasteiger partial charge in [0.05, 0.1) is 11.6 Å². The van der Waals surface area contributed by atoms with Gasteiger partial charge < -0.3 is 0 Å². The molecule has 0 fully saturated rings. The van der Waals surface area contributed by atoms with Crippen LogP contribution in [0, 0.1) is 34.1 Å². The van der Waals surface area contributed by atoms with Crippen molar-refractivity contribution in [3.63, 3.8) is 0 Å². The third-order valence-corrected chi connectivity index (χ3v) is 2.23. The molecule has 0 nitrogen and oxygen atoms in total. The minimum atomic E-state index is -5.35. The fourth-order valence-electron chi connectivity index (χ4n) is 1.07. The molecule has 1 aromatic carbocycles. The van der Waals surface area contributed by atoms with Crippen molar-refractivity contribution < 1.29 is 51.5 Å². The number of benzene rings is 1. The molecular formula is C9Br2F8Zn. The summed E-state index contributed by atoms with van der Waals surface area (Å²) in [4.78, 5) is 1.18. The molecule has 0 atom stereocenters. The Bertz CT molecular complexity index is 497. The van der Waals surface area contributed by atoms with E-state index in [4.69, 9.17) is 0 Å². The number of rotatable bonds is 1. The summed E-state index contributed by atoms with van der Waals surface area (Å²) in [6.07, 6.45) is -5.35. The van der Waals surface area contributed by atoms with Crippen molar-refractivity contribution in [2.45, 2.75) is 6.18 Å². The topological polar surface area (TPSA) is 0 Å². The molecule has 0 aromatic heterocycles. The number of hydrogen-bond acceptors (Lipinski definition) is 0. The number of hydrogen-bond donors (Lipinski definition) is 0. The van der Waals surface area contributed by atoms with E-state index in [2.05, 4.69) is 13.6 Å². The second-order valence-electron chi connectivity index (χ2n) is 2.91. The number of allylic oxidation sites excluding steroid dienone is 1. The first-order valence-electron chi connectivity index (χ1n) is 4.22. The fraction of sp³-hybridized carbons (Fsp3) is 0.111. The summed E-state index contributed by atoms with van der Waals surface area (Å²) in [5, 5.41) is 0. The van der Waals surface area contributed by atoms with Crippen molar-refractivity contribution in [1.29, 1.82) is 0 Å². The van der Waals surface area contributed by atoms with E-state index in [0.717, 1.165) is 0 Å². The average molecular weight is 485 g/mol. The molecule has 0 aliphatic carbocycles. The maximum absolute atomic E-state index is 13.1. The molecule has 0 amide bonds. The molecule has 108 valence electrons. The van der Waals surface area contributed by atoms with E-state index >= 15 is 0 Å². The summed E-state index contributed by atoms with van der Waals surface area (Å²) in [5.74, 6) is -12.6. The first-order valence-corrected chi connectivity index (χ1v) is 12.0. The van der Waals surface area contributed by atoms with Gasteiger partial charge in [0.15, 0.2) is 17.5 Å². The minimum absolute atomic E-state index is 1.18. The third kappa shape index (κ3) is 4.01. The summed E-state index contributed by atoms with van der Waals surface area (Å²) in [7, 11) is 0. The van der Waals surface area contributed by atoms with E-state index in [1.165, 1.54) is 21.3 Å². The van der Waals surface area contributed by atoms with Crippen LogP contribution in [0.3, 0.4) is 0 Å². The van der Waals surface area contributed by atoms with Gasteiger partial charge in [-0.25, -0.2) is 22.0 Å². The zero-order chi connectivity index (χ0) is 16.2. The summed E-state index contributed by atoms with van der Waals surface area (Å²) in [6, 6.07) is 0. The normalized spacial score (nSPS) is 12.1. The van der Waals surface area contributed by atoms with Crippen LogP contribution in [0.5, 0.6) is 0 Å². The van der Waals surface area contributed by atoms with Gasteiger partial charge in [-0.05, 0) is 0 Å². The first-order chi connectivity index (χ1) is 9.12. The Morgan fingerprint density at radius 3 is 1.35 bits per heavy atom. The van der Waals surface area contributed by atoms with Crippen molar-refractivity contribution >= 4 is 35.1 Å². The Morgan fingerprint density at radius 2 is 1.10 bits per heavy atom. The Morgan fingerprint density at radius 1 is 0.800 bits per heavy atom. The molecule has 0 saturated heterocycles. The maximum atomic E-state index is 13.1. The van der Waals surface area contributed by atoms with Crippen LogP contribution in [0.4, 0.5) is 35.1 Å². The zero-order valence-electron chi connectivity index (χ0n) is 8.99. The van der Waals surface area contributed by atoms with Gasteiger partial charge in [0, 0.05) is 0 Å². The molecule has 0 heterocycles. The molecule has 0 saturated carbocycles. The van der Waals surface area contributed by atoms with Gasteiger partial charge in [0.1, 0.15) is 0 Å². The average Bonchev–Trinajstić information content (AvgIpc) is 2.40. The monoisotopic (exact) mass is 482 g/mol. The van der Waals surface area contributed by atoms with Crippen molar-refractivity contribution in [3.8, 4) is 0 Å². The van der Waals surface area contributed by atoms with Crippen LogP contribution in [-0.2, 0) is 16.3 Å². The van der Waals surface area contributed by atoms with Crippen LogP contribution in [0.15, 0.2) is 0 Å².